The summed E-state index contributed by atoms with van der Waals surface area (Å²) < 4.78 is 49.3. The van der Waals surface area contributed by atoms with E-state index < -0.39 is 17.6 Å². The summed E-state index contributed by atoms with van der Waals surface area (Å²) in [5.41, 5.74) is -0.772. The maximum atomic E-state index is 13.0. The van der Waals surface area contributed by atoms with Crippen LogP contribution in [0, 0.1) is 0 Å². The first kappa shape index (κ1) is 19.7. The highest BCUT2D eigenvalue weighted by Gasteiger charge is 2.34. The number of ether oxygens (including phenoxy) is 2. The van der Waals surface area contributed by atoms with Crippen molar-refractivity contribution in [3.05, 3.63) is 58.6 Å². The number of hydrogen-bond acceptors (Lipinski definition) is 3. The van der Waals surface area contributed by atoms with E-state index in [2.05, 4.69) is 5.32 Å². The van der Waals surface area contributed by atoms with E-state index in [4.69, 9.17) is 21.1 Å². The number of anilines is 1. The van der Waals surface area contributed by atoms with Crippen LogP contribution in [-0.4, -0.2) is 20.1 Å². The van der Waals surface area contributed by atoms with Crippen LogP contribution in [0.5, 0.6) is 11.5 Å². The Morgan fingerprint density at radius 1 is 1.08 bits per heavy atom. The molecule has 0 fully saturated rings. The molecule has 0 bridgehead atoms. The zero-order valence-corrected chi connectivity index (χ0v) is 14.6. The Morgan fingerprint density at radius 2 is 1.77 bits per heavy atom. The Labute approximate surface area is 153 Å². The van der Waals surface area contributed by atoms with Gasteiger partial charge in [0.1, 0.15) is 0 Å². The van der Waals surface area contributed by atoms with Crippen molar-refractivity contribution in [1.29, 1.82) is 0 Å². The van der Waals surface area contributed by atoms with Gasteiger partial charge in [0.15, 0.2) is 11.5 Å². The van der Waals surface area contributed by atoms with Crippen LogP contribution in [0.25, 0.3) is 6.08 Å². The molecule has 0 heterocycles. The van der Waals surface area contributed by atoms with Crippen molar-refractivity contribution in [3.63, 3.8) is 0 Å². The smallest absolute Gasteiger partial charge is 0.418 e. The van der Waals surface area contributed by atoms with E-state index in [0.717, 1.165) is 18.2 Å². The molecule has 2 aromatic carbocycles. The number of carbonyl (C=O) groups excluding carboxylic acids is 1. The van der Waals surface area contributed by atoms with Gasteiger partial charge >= 0.3 is 6.18 Å². The number of benzene rings is 2. The molecule has 1 amide bonds. The SMILES string of the molecule is COc1ccc(/C=C/C(=O)Nc2ccc(Cl)cc2C(F)(F)F)cc1OC. The summed E-state index contributed by atoms with van der Waals surface area (Å²) in [5, 5.41) is 2.13. The van der Waals surface area contributed by atoms with E-state index in [1.807, 2.05) is 0 Å². The van der Waals surface area contributed by atoms with Crippen LogP contribution in [0.4, 0.5) is 18.9 Å². The Bertz CT molecular complexity index is 835. The second-order valence-electron chi connectivity index (χ2n) is 5.12. The minimum atomic E-state index is -4.64. The summed E-state index contributed by atoms with van der Waals surface area (Å²) in [5.74, 6) is 0.268. The summed E-state index contributed by atoms with van der Waals surface area (Å²) in [7, 11) is 2.96. The van der Waals surface area contributed by atoms with Crippen molar-refractivity contribution in [3.8, 4) is 11.5 Å². The summed E-state index contributed by atoms with van der Waals surface area (Å²) >= 11 is 5.61. The van der Waals surface area contributed by atoms with Gasteiger partial charge in [0.2, 0.25) is 5.91 Å². The number of carbonyl (C=O) groups is 1. The molecule has 0 saturated heterocycles. The van der Waals surface area contributed by atoms with Crippen molar-refractivity contribution in [2.75, 3.05) is 19.5 Å². The molecule has 0 aliphatic carbocycles. The third-order valence-corrected chi connectivity index (χ3v) is 3.61. The fourth-order valence-electron chi connectivity index (χ4n) is 2.16. The van der Waals surface area contributed by atoms with Crippen LogP contribution in [0.15, 0.2) is 42.5 Å². The van der Waals surface area contributed by atoms with Gasteiger partial charge in [-0.05, 0) is 42.0 Å². The highest BCUT2D eigenvalue weighted by atomic mass is 35.5. The quantitative estimate of drug-likeness (QED) is 0.734. The lowest BCUT2D eigenvalue weighted by molar-refractivity contribution is -0.136. The molecule has 2 rings (SSSR count). The molecule has 0 spiro atoms. The van der Waals surface area contributed by atoms with Gasteiger partial charge in [-0.1, -0.05) is 17.7 Å². The fourth-order valence-corrected chi connectivity index (χ4v) is 2.33. The van der Waals surface area contributed by atoms with Gasteiger partial charge in [0, 0.05) is 11.1 Å². The summed E-state index contributed by atoms with van der Waals surface area (Å²) in [6.45, 7) is 0. The summed E-state index contributed by atoms with van der Waals surface area (Å²) in [6, 6.07) is 8.09. The Balaban J connectivity index is 2.18. The van der Waals surface area contributed by atoms with Gasteiger partial charge in [-0.25, -0.2) is 0 Å². The van der Waals surface area contributed by atoms with Gasteiger partial charge in [-0.3, -0.25) is 4.79 Å². The maximum Gasteiger partial charge on any atom is 0.418 e. The van der Waals surface area contributed by atoms with Gasteiger partial charge < -0.3 is 14.8 Å². The highest BCUT2D eigenvalue weighted by Crippen LogP contribution is 2.36. The molecular formula is C18H15ClF3NO3. The van der Waals surface area contributed by atoms with E-state index >= 15 is 0 Å². The van der Waals surface area contributed by atoms with Crippen LogP contribution in [0.3, 0.4) is 0 Å². The van der Waals surface area contributed by atoms with Gasteiger partial charge in [0.25, 0.3) is 0 Å². The molecule has 4 nitrogen and oxygen atoms in total. The Hall–Kier alpha value is -2.67. The third kappa shape index (κ3) is 4.92. The molecule has 1 N–H and O–H groups in total. The van der Waals surface area contributed by atoms with Crippen LogP contribution < -0.4 is 14.8 Å². The fraction of sp³-hybridized carbons (Fsp3) is 0.167. The van der Waals surface area contributed by atoms with E-state index in [1.165, 1.54) is 26.4 Å². The molecule has 0 aliphatic rings. The maximum absolute atomic E-state index is 13.0. The normalized spacial score (nSPS) is 11.5. The van der Waals surface area contributed by atoms with Crippen molar-refractivity contribution in [2.24, 2.45) is 0 Å². The number of nitrogens with one attached hydrogen (secondary N) is 1. The van der Waals surface area contributed by atoms with Crippen LogP contribution in [-0.2, 0) is 11.0 Å². The van der Waals surface area contributed by atoms with E-state index in [9.17, 15) is 18.0 Å². The van der Waals surface area contributed by atoms with Crippen molar-refractivity contribution in [1.82, 2.24) is 0 Å². The van der Waals surface area contributed by atoms with Crippen molar-refractivity contribution in [2.45, 2.75) is 6.18 Å². The summed E-state index contributed by atoms with van der Waals surface area (Å²) in [6.07, 6.45) is -2.07. The average molecular weight is 386 g/mol. The zero-order chi connectivity index (χ0) is 19.3. The Morgan fingerprint density at radius 3 is 2.38 bits per heavy atom. The first-order valence-electron chi connectivity index (χ1n) is 7.32. The number of hydrogen-bond donors (Lipinski definition) is 1. The lowest BCUT2D eigenvalue weighted by atomic mass is 10.1. The molecule has 0 aliphatic heterocycles. The third-order valence-electron chi connectivity index (χ3n) is 3.38. The molecular weight excluding hydrogens is 371 g/mol. The predicted molar refractivity (Wildman–Crippen MR) is 93.7 cm³/mol. The van der Waals surface area contributed by atoms with Crippen LogP contribution in [0.2, 0.25) is 5.02 Å². The molecule has 0 saturated carbocycles. The molecule has 8 heteroatoms. The monoisotopic (exact) mass is 385 g/mol. The molecule has 0 aromatic heterocycles. The molecule has 0 unspecified atom stereocenters. The van der Waals surface area contributed by atoms with E-state index in [-0.39, 0.29) is 10.7 Å². The summed E-state index contributed by atoms with van der Waals surface area (Å²) in [4.78, 5) is 12.0. The van der Waals surface area contributed by atoms with Crippen LogP contribution >= 0.6 is 11.6 Å². The second-order valence-corrected chi connectivity index (χ2v) is 5.56. The van der Waals surface area contributed by atoms with Gasteiger partial charge in [-0.2, -0.15) is 13.2 Å². The standard InChI is InChI=1S/C18H15ClF3NO3/c1-25-15-7-3-11(9-16(15)26-2)4-8-17(24)23-14-6-5-12(19)10-13(14)18(20,21)22/h3-10H,1-2H3,(H,23,24)/b8-4+. The van der Waals surface area contributed by atoms with Crippen molar-refractivity contribution >= 4 is 29.3 Å². The first-order chi connectivity index (χ1) is 12.2. The minimum absolute atomic E-state index is 0.0730. The largest absolute Gasteiger partial charge is 0.493 e. The molecule has 0 radical (unpaired) electrons. The number of amides is 1. The number of rotatable bonds is 5. The predicted octanol–water partition coefficient (Wildman–Crippen LogP) is 5.03. The van der Waals surface area contributed by atoms with Gasteiger partial charge in [0.05, 0.1) is 25.5 Å². The molecule has 0 atom stereocenters. The van der Waals surface area contributed by atoms with Gasteiger partial charge in [-0.15, -0.1) is 0 Å². The van der Waals surface area contributed by atoms with E-state index in [1.54, 1.807) is 18.2 Å². The lowest BCUT2D eigenvalue weighted by Gasteiger charge is -2.13. The minimum Gasteiger partial charge on any atom is -0.493 e. The highest BCUT2D eigenvalue weighted by molar-refractivity contribution is 6.30. The van der Waals surface area contributed by atoms with E-state index in [0.29, 0.717) is 17.1 Å². The number of alkyl halides is 3. The first-order valence-corrected chi connectivity index (χ1v) is 7.70. The molecule has 138 valence electrons. The average Bonchev–Trinajstić information content (AvgIpc) is 2.60. The second kappa shape index (κ2) is 8.14. The number of halogens is 4. The topological polar surface area (TPSA) is 47.6 Å². The van der Waals surface area contributed by atoms with Crippen molar-refractivity contribution < 1.29 is 27.4 Å². The Kier molecular flexibility index (Phi) is 6.15. The zero-order valence-electron chi connectivity index (χ0n) is 13.9. The lowest BCUT2D eigenvalue weighted by Crippen LogP contribution is -2.14. The molecule has 2 aromatic rings. The van der Waals surface area contributed by atoms with Crippen LogP contribution in [0.1, 0.15) is 11.1 Å². The number of methoxy groups -OCH3 is 2. The molecule has 26 heavy (non-hydrogen) atoms.